The zero-order valence-electron chi connectivity index (χ0n) is 34.6. The molecule has 0 fully saturated rings. The van der Waals surface area contributed by atoms with Crippen LogP contribution >= 0.6 is 23.2 Å². The molecule has 2 atom stereocenters. The van der Waals surface area contributed by atoms with Crippen molar-refractivity contribution in [3.63, 3.8) is 0 Å². The van der Waals surface area contributed by atoms with Gasteiger partial charge in [-0.25, -0.2) is 16.8 Å². The number of carbonyl (C=O) groups is 4. The van der Waals surface area contributed by atoms with Crippen molar-refractivity contribution >= 4 is 89.3 Å². The summed E-state index contributed by atoms with van der Waals surface area (Å²) in [6.07, 6.45) is 0. The van der Waals surface area contributed by atoms with Gasteiger partial charge < -0.3 is 31.5 Å². The van der Waals surface area contributed by atoms with Crippen LogP contribution < -0.4 is 21.3 Å². The fourth-order valence-corrected chi connectivity index (χ4v) is 8.98. The molecule has 0 aliphatic rings. The molecule has 6 rings (SSSR count). The highest BCUT2D eigenvalue weighted by atomic mass is 35.5. The molecule has 0 heterocycles. The number of phenols is 2. The molecule has 332 valence electrons. The Hall–Kier alpha value is -6.72. The minimum absolute atomic E-state index is 0.0122. The summed E-state index contributed by atoms with van der Waals surface area (Å²) in [7, 11) is -7.87. The maximum absolute atomic E-state index is 12.8. The SMILES string of the molecule is Cc1cccc(S(=O)(=O)C(C)C(=O)Nc2cc(O)c(NC(=O)c3ccccc3)cc2Cl)c1.Cc1cccc(S(=O)(=O)C(C)C(=O)Nc2cc(O)c(NC(=O)c3ccccc3)cc2Cl)c1. The van der Waals surface area contributed by atoms with Gasteiger partial charge in [0.25, 0.3) is 11.8 Å². The zero-order chi connectivity index (χ0) is 46.9. The first kappa shape index (κ1) is 48.3. The first-order valence-corrected chi connectivity index (χ1v) is 23.0. The van der Waals surface area contributed by atoms with Crippen molar-refractivity contribution < 1.29 is 46.2 Å². The van der Waals surface area contributed by atoms with Crippen LogP contribution in [0.15, 0.2) is 143 Å². The molecule has 6 N–H and O–H groups in total. The van der Waals surface area contributed by atoms with Gasteiger partial charge in [0.2, 0.25) is 11.8 Å². The van der Waals surface area contributed by atoms with E-state index in [1.54, 1.807) is 98.8 Å². The van der Waals surface area contributed by atoms with Gasteiger partial charge in [-0.1, -0.05) is 83.9 Å². The van der Waals surface area contributed by atoms with Crippen LogP contribution in [0.1, 0.15) is 45.7 Å². The van der Waals surface area contributed by atoms with Crippen molar-refractivity contribution in [1.82, 2.24) is 0 Å². The van der Waals surface area contributed by atoms with Crippen LogP contribution in [0.3, 0.4) is 0 Å². The quantitative estimate of drug-likeness (QED) is 0.0639. The predicted octanol–water partition coefficient (Wildman–Crippen LogP) is 8.81. The van der Waals surface area contributed by atoms with E-state index in [4.69, 9.17) is 23.2 Å². The first-order valence-electron chi connectivity index (χ1n) is 19.2. The van der Waals surface area contributed by atoms with Crippen LogP contribution in [0.2, 0.25) is 10.0 Å². The summed E-state index contributed by atoms with van der Waals surface area (Å²) in [5.41, 5.74) is 2.38. The first-order chi connectivity index (χ1) is 30.2. The van der Waals surface area contributed by atoms with E-state index in [2.05, 4.69) is 21.3 Å². The van der Waals surface area contributed by atoms with Gasteiger partial charge >= 0.3 is 0 Å². The van der Waals surface area contributed by atoms with Gasteiger partial charge in [0.1, 0.15) is 22.0 Å². The molecule has 0 bridgehead atoms. The second-order valence-corrected chi connectivity index (χ2v) is 19.7. The highest BCUT2D eigenvalue weighted by molar-refractivity contribution is 7.93. The molecule has 14 nitrogen and oxygen atoms in total. The van der Waals surface area contributed by atoms with E-state index in [0.29, 0.717) is 11.1 Å². The third-order valence-corrected chi connectivity index (χ3v) is 14.3. The Morgan fingerprint density at radius 2 is 0.812 bits per heavy atom. The molecule has 6 aromatic carbocycles. The van der Waals surface area contributed by atoms with E-state index >= 15 is 0 Å². The summed E-state index contributed by atoms with van der Waals surface area (Å²) >= 11 is 12.4. The van der Waals surface area contributed by atoms with Crippen molar-refractivity contribution in [3.8, 4) is 11.5 Å². The lowest BCUT2D eigenvalue weighted by Crippen LogP contribution is -2.32. The lowest BCUT2D eigenvalue weighted by atomic mass is 10.2. The molecule has 0 aliphatic carbocycles. The summed E-state index contributed by atoms with van der Waals surface area (Å²) in [6, 6.07) is 34.1. The van der Waals surface area contributed by atoms with Gasteiger partial charge in [-0.15, -0.1) is 0 Å². The molecule has 6 aromatic rings. The summed E-state index contributed by atoms with van der Waals surface area (Å²) in [4.78, 5) is 49.9. The lowest BCUT2D eigenvalue weighted by Gasteiger charge is -2.16. The minimum Gasteiger partial charge on any atom is -0.506 e. The van der Waals surface area contributed by atoms with E-state index in [0.717, 1.165) is 23.3 Å². The third-order valence-electron chi connectivity index (χ3n) is 9.56. The Kier molecular flexibility index (Phi) is 15.6. The number of rotatable bonds is 12. The number of anilines is 4. The van der Waals surface area contributed by atoms with Gasteiger partial charge in [0.15, 0.2) is 19.7 Å². The minimum atomic E-state index is -3.93. The number of sulfone groups is 2. The largest absolute Gasteiger partial charge is 0.506 e. The summed E-state index contributed by atoms with van der Waals surface area (Å²) < 4.78 is 51.1. The average Bonchev–Trinajstić information content (AvgIpc) is 3.27. The number of aromatic hydroxyl groups is 2. The second-order valence-electron chi connectivity index (χ2n) is 14.3. The van der Waals surface area contributed by atoms with Crippen LogP contribution in [-0.2, 0) is 29.3 Å². The van der Waals surface area contributed by atoms with Crippen molar-refractivity contribution in [1.29, 1.82) is 0 Å². The van der Waals surface area contributed by atoms with Crippen LogP contribution in [0.4, 0.5) is 22.7 Å². The molecule has 18 heteroatoms. The monoisotopic (exact) mass is 944 g/mol. The van der Waals surface area contributed by atoms with Crippen LogP contribution in [0, 0.1) is 13.8 Å². The lowest BCUT2D eigenvalue weighted by molar-refractivity contribution is -0.116. The fraction of sp³-hybridized carbons (Fsp3) is 0.130. The highest BCUT2D eigenvalue weighted by Gasteiger charge is 2.32. The molecule has 0 saturated heterocycles. The number of nitrogens with one attached hydrogen (secondary N) is 4. The predicted molar refractivity (Wildman–Crippen MR) is 248 cm³/mol. The van der Waals surface area contributed by atoms with Gasteiger partial charge in [-0.2, -0.15) is 0 Å². The zero-order valence-corrected chi connectivity index (χ0v) is 37.7. The standard InChI is InChI=1S/2C23H21ClN2O5S/c2*1-14-7-6-10-17(11-14)32(30,31)15(2)22(28)25-19-13-21(27)20(12-18(19)24)26-23(29)16-8-4-3-5-9-16/h2*3-13,15,27H,1-2H3,(H,25,28)(H,26,29). The van der Waals surface area contributed by atoms with E-state index in [9.17, 15) is 46.2 Å². The topological polar surface area (TPSA) is 225 Å². The molecular weight excluding hydrogens is 904 g/mol. The number of amides is 4. The highest BCUT2D eigenvalue weighted by Crippen LogP contribution is 2.36. The van der Waals surface area contributed by atoms with Gasteiger partial charge in [-0.3, -0.25) is 19.2 Å². The van der Waals surface area contributed by atoms with Crippen molar-refractivity contribution in [2.24, 2.45) is 0 Å². The molecule has 0 aliphatic heterocycles. The van der Waals surface area contributed by atoms with Gasteiger partial charge in [0, 0.05) is 23.3 Å². The Morgan fingerprint density at radius 3 is 1.14 bits per heavy atom. The third kappa shape index (κ3) is 11.8. The molecule has 2 unspecified atom stereocenters. The van der Waals surface area contributed by atoms with Crippen LogP contribution in [-0.4, -0.2) is 61.2 Å². The Balaban J connectivity index is 0.000000241. The number of benzene rings is 6. The van der Waals surface area contributed by atoms with Gasteiger partial charge in [-0.05, 0) is 99.5 Å². The number of carbonyl (C=O) groups excluding carboxylic acids is 4. The molecule has 64 heavy (non-hydrogen) atoms. The molecule has 0 aromatic heterocycles. The molecule has 0 saturated carbocycles. The molecule has 0 radical (unpaired) electrons. The van der Waals surface area contributed by atoms with Gasteiger partial charge in [0.05, 0.1) is 42.6 Å². The summed E-state index contributed by atoms with van der Waals surface area (Å²) in [5.74, 6) is -3.22. The van der Waals surface area contributed by atoms with Crippen LogP contribution in [0.5, 0.6) is 11.5 Å². The number of halogens is 2. The second kappa shape index (κ2) is 20.6. The van der Waals surface area contributed by atoms with Crippen molar-refractivity contribution in [2.75, 3.05) is 21.3 Å². The van der Waals surface area contributed by atoms with E-state index in [-0.39, 0.29) is 54.1 Å². The van der Waals surface area contributed by atoms with Crippen LogP contribution in [0.25, 0.3) is 0 Å². The molecule has 4 amide bonds. The maximum Gasteiger partial charge on any atom is 0.255 e. The van der Waals surface area contributed by atoms with Crippen molar-refractivity contribution in [2.45, 2.75) is 48.0 Å². The van der Waals surface area contributed by atoms with Crippen molar-refractivity contribution in [3.05, 3.63) is 166 Å². The molecular formula is C46H42Cl2N4O10S2. The number of hydrogen-bond donors (Lipinski definition) is 6. The smallest absolute Gasteiger partial charge is 0.255 e. The van der Waals surface area contributed by atoms with E-state index < -0.39 is 53.8 Å². The maximum atomic E-state index is 12.8. The summed E-state index contributed by atoms with van der Waals surface area (Å²) in [5, 5.41) is 27.7. The number of phenolic OH excluding ortho intramolecular Hbond substituents is 2. The average molecular weight is 946 g/mol. The fourth-order valence-electron chi connectivity index (χ4n) is 5.83. The Bertz CT molecular complexity index is 2750. The Labute approximate surface area is 380 Å². The normalized spacial score (nSPS) is 12.1. The van der Waals surface area contributed by atoms with E-state index in [1.165, 1.54) is 50.2 Å². The summed E-state index contributed by atoms with van der Waals surface area (Å²) in [6.45, 7) is 6.05. The molecule has 0 spiro atoms. The number of hydrogen-bond acceptors (Lipinski definition) is 10. The number of aryl methyl sites for hydroxylation is 2. The van der Waals surface area contributed by atoms with E-state index in [1.807, 2.05) is 0 Å². The Morgan fingerprint density at radius 1 is 0.469 bits per heavy atom.